The number of carbonyl (C=O) groups excluding carboxylic acids is 1. The Balaban J connectivity index is 2.09. The molecule has 0 bridgehead atoms. The summed E-state index contributed by atoms with van der Waals surface area (Å²) in [5.74, 6) is 0.842. The second kappa shape index (κ2) is 4.39. The first-order chi connectivity index (χ1) is 7.66. The standard InChI is InChI=1S/C13H15NO2/c1-9(2)8-14-13(15)11-3-4-12-10(7-11)5-6-16-12/h3-4,7H,1,5-6,8H2,2H3,(H,14,15). The number of nitrogens with one attached hydrogen (secondary N) is 1. The molecular formula is C13H15NO2. The number of ether oxygens (including phenoxy) is 1. The maximum Gasteiger partial charge on any atom is 0.251 e. The van der Waals surface area contributed by atoms with Crippen molar-refractivity contribution >= 4 is 5.91 Å². The lowest BCUT2D eigenvalue weighted by atomic mass is 10.1. The summed E-state index contributed by atoms with van der Waals surface area (Å²) in [5, 5.41) is 2.81. The van der Waals surface area contributed by atoms with Crippen LogP contribution in [0, 0.1) is 0 Å². The molecule has 0 fully saturated rings. The molecule has 2 rings (SSSR count). The van der Waals surface area contributed by atoms with Gasteiger partial charge < -0.3 is 10.1 Å². The van der Waals surface area contributed by atoms with Crippen molar-refractivity contribution in [2.24, 2.45) is 0 Å². The molecule has 1 amide bonds. The van der Waals surface area contributed by atoms with Crippen LogP contribution >= 0.6 is 0 Å². The van der Waals surface area contributed by atoms with Gasteiger partial charge in [0.25, 0.3) is 5.91 Å². The molecule has 0 unspecified atom stereocenters. The molecule has 1 aromatic carbocycles. The molecule has 0 radical (unpaired) electrons. The lowest BCUT2D eigenvalue weighted by molar-refractivity contribution is 0.0957. The van der Waals surface area contributed by atoms with E-state index in [1.807, 2.05) is 19.1 Å². The third-order valence-corrected chi connectivity index (χ3v) is 2.50. The Morgan fingerprint density at radius 2 is 2.38 bits per heavy atom. The molecule has 0 aromatic heterocycles. The van der Waals surface area contributed by atoms with Gasteiger partial charge >= 0.3 is 0 Å². The van der Waals surface area contributed by atoms with Crippen LogP contribution in [0.15, 0.2) is 30.4 Å². The number of hydrogen-bond donors (Lipinski definition) is 1. The first kappa shape index (κ1) is 10.7. The Labute approximate surface area is 95.1 Å². The first-order valence-corrected chi connectivity index (χ1v) is 5.35. The van der Waals surface area contributed by atoms with Crippen LogP contribution in [0.3, 0.4) is 0 Å². The minimum atomic E-state index is -0.0577. The molecule has 1 aliphatic rings. The molecule has 84 valence electrons. The summed E-state index contributed by atoms with van der Waals surface area (Å²) in [4.78, 5) is 11.8. The van der Waals surface area contributed by atoms with Crippen molar-refractivity contribution in [1.82, 2.24) is 5.32 Å². The summed E-state index contributed by atoms with van der Waals surface area (Å²) in [7, 11) is 0. The summed E-state index contributed by atoms with van der Waals surface area (Å²) in [5.41, 5.74) is 2.74. The first-order valence-electron chi connectivity index (χ1n) is 5.35. The third-order valence-electron chi connectivity index (χ3n) is 2.50. The van der Waals surface area contributed by atoms with Crippen LogP contribution in [0.5, 0.6) is 5.75 Å². The molecule has 1 aromatic rings. The zero-order chi connectivity index (χ0) is 11.5. The monoisotopic (exact) mass is 217 g/mol. The number of hydrogen-bond acceptors (Lipinski definition) is 2. The van der Waals surface area contributed by atoms with Crippen molar-refractivity contribution in [2.75, 3.05) is 13.2 Å². The summed E-state index contributed by atoms with van der Waals surface area (Å²) >= 11 is 0. The number of fused-ring (bicyclic) bond motifs is 1. The third kappa shape index (κ3) is 2.24. The summed E-state index contributed by atoms with van der Waals surface area (Å²) in [6, 6.07) is 5.55. The fourth-order valence-corrected chi connectivity index (χ4v) is 1.66. The van der Waals surface area contributed by atoms with Gasteiger partial charge in [0.2, 0.25) is 0 Å². The Hall–Kier alpha value is -1.77. The van der Waals surface area contributed by atoms with E-state index in [0.29, 0.717) is 18.7 Å². The van der Waals surface area contributed by atoms with Crippen molar-refractivity contribution in [3.8, 4) is 5.75 Å². The van der Waals surface area contributed by atoms with Crippen LogP contribution in [0.1, 0.15) is 22.8 Å². The smallest absolute Gasteiger partial charge is 0.251 e. The van der Waals surface area contributed by atoms with Gasteiger partial charge in [0.1, 0.15) is 5.75 Å². The van der Waals surface area contributed by atoms with Crippen LogP contribution < -0.4 is 10.1 Å². The molecule has 0 spiro atoms. The molecule has 0 atom stereocenters. The van der Waals surface area contributed by atoms with Crippen molar-refractivity contribution < 1.29 is 9.53 Å². The second-order valence-corrected chi connectivity index (χ2v) is 4.06. The van der Waals surface area contributed by atoms with E-state index in [1.54, 1.807) is 6.07 Å². The van der Waals surface area contributed by atoms with E-state index in [0.717, 1.165) is 23.3 Å². The minimum absolute atomic E-state index is 0.0577. The Morgan fingerprint density at radius 1 is 1.56 bits per heavy atom. The van der Waals surface area contributed by atoms with Gasteiger partial charge in [-0.1, -0.05) is 12.2 Å². The molecule has 3 heteroatoms. The van der Waals surface area contributed by atoms with Crippen molar-refractivity contribution in [3.63, 3.8) is 0 Å². The quantitative estimate of drug-likeness (QED) is 0.786. The molecule has 0 saturated heterocycles. The highest BCUT2D eigenvalue weighted by molar-refractivity contribution is 5.94. The van der Waals surface area contributed by atoms with Crippen molar-refractivity contribution in [3.05, 3.63) is 41.5 Å². The number of amides is 1. The summed E-state index contributed by atoms with van der Waals surface area (Å²) in [6.45, 7) is 6.86. The molecule has 0 aliphatic carbocycles. The highest BCUT2D eigenvalue weighted by Gasteiger charge is 2.14. The predicted molar refractivity (Wildman–Crippen MR) is 62.8 cm³/mol. The lowest BCUT2D eigenvalue weighted by Gasteiger charge is -2.06. The van der Waals surface area contributed by atoms with Crippen LogP contribution in [-0.2, 0) is 6.42 Å². The van der Waals surface area contributed by atoms with Crippen LogP contribution in [0.25, 0.3) is 0 Å². The topological polar surface area (TPSA) is 38.3 Å². The van der Waals surface area contributed by atoms with Gasteiger partial charge in [-0.2, -0.15) is 0 Å². The van der Waals surface area contributed by atoms with E-state index in [9.17, 15) is 4.79 Å². The van der Waals surface area contributed by atoms with E-state index in [-0.39, 0.29) is 5.91 Å². The van der Waals surface area contributed by atoms with Gasteiger partial charge in [-0.3, -0.25) is 4.79 Å². The maximum absolute atomic E-state index is 11.8. The number of benzene rings is 1. The summed E-state index contributed by atoms with van der Waals surface area (Å²) in [6.07, 6.45) is 0.886. The normalized spacial score (nSPS) is 12.8. The summed E-state index contributed by atoms with van der Waals surface area (Å²) < 4.78 is 5.39. The van der Waals surface area contributed by atoms with Crippen LogP contribution in [0.2, 0.25) is 0 Å². The Kier molecular flexibility index (Phi) is 2.95. The van der Waals surface area contributed by atoms with Gasteiger partial charge in [-0.15, -0.1) is 0 Å². The average Bonchev–Trinajstić information content (AvgIpc) is 2.72. The molecule has 1 heterocycles. The van der Waals surface area contributed by atoms with Crippen molar-refractivity contribution in [2.45, 2.75) is 13.3 Å². The van der Waals surface area contributed by atoms with E-state index in [4.69, 9.17) is 4.74 Å². The zero-order valence-corrected chi connectivity index (χ0v) is 9.38. The Bertz CT molecular complexity index is 438. The van der Waals surface area contributed by atoms with E-state index in [2.05, 4.69) is 11.9 Å². The van der Waals surface area contributed by atoms with Crippen LogP contribution in [0.4, 0.5) is 0 Å². The zero-order valence-electron chi connectivity index (χ0n) is 9.38. The van der Waals surface area contributed by atoms with E-state index >= 15 is 0 Å². The highest BCUT2D eigenvalue weighted by atomic mass is 16.5. The van der Waals surface area contributed by atoms with Gasteiger partial charge in [0, 0.05) is 18.5 Å². The highest BCUT2D eigenvalue weighted by Crippen LogP contribution is 2.25. The van der Waals surface area contributed by atoms with E-state index in [1.165, 1.54) is 0 Å². The predicted octanol–water partition coefficient (Wildman–Crippen LogP) is 1.93. The molecule has 1 aliphatic heterocycles. The minimum Gasteiger partial charge on any atom is -0.493 e. The molecule has 3 nitrogen and oxygen atoms in total. The molecule has 0 saturated carbocycles. The van der Waals surface area contributed by atoms with Gasteiger partial charge in [0.05, 0.1) is 6.61 Å². The average molecular weight is 217 g/mol. The largest absolute Gasteiger partial charge is 0.493 e. The van der Waals surface area contributed by atoms with Crippen LogP contribution in [-0.4, -0.2) is 19.1 Å². The van der Waals surface area contributed by atoms with E-state index < -0.39 is 0 Å². The molecular weight excluding hydrogens is 202 g/mol. The van der Waals surface area contributed by atoms with Gasteiger partial charge in [-0.25, -0.2) is 0 Å². The molecule has 1 N–H and O–H groups in total. The van der Waals surface area contributed by atoms with Gasteiger partial charge in [0.15, 0.2) is 0 Å². The maximum atomic E-state index is 11.8. The van der Waals surface area contributed by atoms with Gasteiger partial charge in [-0.05, 0) is 30.7 Å². The van der Waals surface area contributed by atoms with Crippen molar-refractivity contribution in [1.29, 1.82) is 0 Å². The molecule has 16 heavy (non-hydrogen) atoms. The fourth-order valence-electron chi connectivity index (χ4n) is 1.66. The fraction of sp³-hybridized carbons (Fsp3) is 0.308. The second-order valence-electron chi connectivity index (χ2n) is 4.06. The SMILES string of the molecule is C=C(C)CNC(=O)c1ccc2c(c1)CCO2. The lowest BCUT2D eigenvalue weighted by Crippen LogP contribution is -2.24. The number of rotatable bonds is 3. The number of carbonyl (C=O) groups is 1. The Morgan fingerprint density at radius 3 is 3.12 bits per heavy atom.